The van der Waals surface area contributed by atoms with Gasteiger partial charge >= 0.3 is 0 Å². The molecule has 5 nitrogen and oxygen atoms in total. The topological polar surface area (TPSA) is 54.9 Å². The van der Waals surface area contributed by atoms with Gasteiger partial charge in [-0.1, -0.05) is 18.2 Å². The summed E-state index contributed by atoms with van der Waals surface area (Å²) in [6, 6.07) is 8.09. The highest BCUT2D eigenvalue weighted by molar-refractivity contribution is 14.0. The fourth-order valence-corrected chi connectivity index (χ4v) is 2.13. The average molecular weight is 435 g/mol. The standard InChI is InChI=1S/C17H29N3O2.HI/c1-4-22-14-8-7-12-19-17(18-2)20-13-11-15-9-5-6-10-16(15)21-3;/h5-6,9-10H,4,7-8,11-14H2,1-3H3,(H2,18,19,20);1H. The second-order valence-corrected chi connectivity index (χ2v) is 4.89. The molecule has 0 atom stereocenters. The highest BCUT2D eigenvalue weighted by atomic mass is 127. The maximum atomic E-state index is 5.36. The summed E-state index contributed by atoms with van der Waals surface area (Å²) in [6.45, 7) is 5.36. The van der Waals surface area contributed by atoms with E-state index in [9.17, 15) is 0 Å². The second kappa shape index (κ2) is 14.6. The average Bonchev–Trinajstić information content (AvgIpc) is 2.56. The Kier molecular flexibility index (Phi) is 13.9. The van der Waals surface area contributed by atoms with Crippen LogP contribution in [-0.4, -0.2) is 46.4 Å². The third-order valence-corrected chi connectivity index (χ3v) is 3.31. The van der Waals surface area contributed by atoms with Crippen LogP contribution in [-0.2, 0) is 11.2 Å². The number of benzene rings is 1. The lowest BCUT2D eigenvalue weighted by molar-refractivity contribution is 0.143. The van der Waals surface area contributed by atoms with Crippen molar-refractivity contribution < 1.29 is 9.47 Å². The normalized spacial score (nSPS) is 10.8. The van der Waals surface area contributed by atoms with Crippen molar-refractivity contribution in [1.82, 2.24) is 10.6 Å². The molecule has 0 aliphatic heterocycles. The van der Waals surface area contributed by atoms with E-state index in [1.165, 1.54) is 5.56 Å². The Bertz CT molecular complexity index is 442. The zero-order chi connectivity index (χ0) is 16.0. The Morgan fingerprint density at radius 3 is 2.57 bits per heavy atom. The number of nitrogens with zero attached hydrogens (tertiary/aromatic N) is 1. The first-order valence-corrected chi connectivity index (χ1v) is 7.96. The minimum Gasteiger partial charge on any atom is -0.496 e. The molecule has 23 heavy (non-hydrogen) atoms. The third-order valence-electron chi connectivity index (χ3n) is 3.31. The number of hydrogen-bond acceptors (Lipinski definition) is 3. The molecule has 1 rings (SSSR count). The number of unbranched alkanes of at least 4 members (excludes halogenated alkanes) is 1. The minimum atomic E-state index is 0. The summed E-state index contributed by atoms with van der Waals surface area (Å²) in [5.74, 6) is 1.77. The van der Waals surface area contributed by atoms with Gasteiger partial charge in [0.15, 0.2) is 5.96 Å². The van der Waals surface area contributed by atoms with Crippen LogP contribution < -0.4 is 15.4 Å². The summed E-state index contributed by atoms with van der Waals surface area (Å²) in [5, 5.41) is 6.64. The van der Waals surface area contributed by atoms with Crippen LogP contribution in [0.4, 0.5) is 0 Å². The molecule has 0 aliphatic carbocycles. The van der Waals surface area contributed by atoms with Crippen molar-refractivity contribution in [2.75, 3.05) is 40.5 Å². The summed E-state index contributed by atoms with van der Waals surface area (Å²) in [5.41, 5.74) is 1.20. The zero-order valence-corrected chi connectivity index (χ0v) is 16.8. The van der Waals surface area contributed by atoms with Gasteiger partial charge in [0.2, 0.25) is 0 Å². The van der Waals surface area contributed by atoms with E-state index in [1.54, 1.807) is 14.2 Å². The summed E-state index contributed by atoms with van der Waals surface area (Å²) in [6.07, 6.45) is 3.04. The Hall–Kier alpha value is -1.02. The zero-order valence-electron chi connectivity index (χ0n) is 14.4. The Morgan fingerprint density at radius 2 is 1.87 bits per heavy atom. The molecule has 0 aromatic heterocycles. The van der Waals surface area contributed by atoms with Crippen LogP contribution in [0.2, 0.25) is 0 Å². The van der Waals surface area contributed by atoms with Gasteiger partial charge in [-0.25, -0.2) is 0 Å². The van der Waals surface area contributed by atoms with Gasteiger partial charge < -0.3 is 20.1 Å². The highest BCUT2D eigenvalue weighted by Gasteiger charge is 2.02. The minimum absolute atomic E-state index is 0. The van der Waals surface area contributed by atoms with Crippen LogP contribution in [0.1, 0.15) is 25.3 Å². The monoisotopic (exact) mass is 435 g/mol. The number of ether oxygens (including phenoxy) is 2. The molecule has 0 saturated heterocycles. The van der Waals surface area contributed by atoms with Gasteiger partial charge in [-0.3, -0.25) is 4.99 Å². The first-order chi connectivity index (χ1) is 10.8. The quantitative estimate of drug-likeness (QED) is 0.257. The number of aliphatic imine (C=N–C) groups is 1. The summed E-state index contributed by atoms with van der Waals surface area (Å²) >= 11 is 0. The van der Waals surface area contributed by atoms with Gasteiger partial charge in [-0.2, -0.15) is 0 Å². The second-order valence-electron chi connectivity index (χ2n) is 4.89. The van der Waals surface area contributed by atoms with E-state index in [1.807, 2.05) is 25.1 Å². The number of rotatable bonds is 10. The lowest BCUT2D eigenvalue weighted by Crippen LogP contribution is -2.38. The van der Waals surface area contributed by atoms with Gasteiger partial charge in [0.05, 0.1) is 7.11 Å². The third kappa shape index (κ3) is 9.65. The van der Waals surface area contributed by atoms with E-state index in [4.69, 9.17) is 9.47 Å². The van der Waals surface area contributed by atoms with Crippen molar-refractivity contribution in [1.29, 1.82) is 0 Å². The van der Waals surface area contributed by atoms with Gasteiger partial charge in [0.25, 0.3) is 0 Å². The smallest absolute Gasteiger partial charge is 0.190 e. The predicted octanol–water partition coefficient (Wildman–Crippen LogP) is 2.84. The van der Waals surface area contributed by atoms with E-state index in [2.05, 4.69) is 21.7 Å². The summed E-state index contributed by atoms with van der Waals surface area (Å²) in [4.78, 5) is 4.23. The molecule has 0 amide bonds. The van der Waals surface area contributed by atoms with Crippen molar-refractivity contribution in [3.63, 3.8) is 0 Å². The Balaban J connectivity index is 0.00000484. The van der Waals surface area contributed by atoms with E-state index >= 15 is 0 Å². The molecular formula is C17H30IN3O2. The van der Waals surface area contributed by atoms with Gasteiger partial charge in [-0.15, -0.1) is 24.0 Å². The molecule has 0 spiro atoms. The van der Waals surface area contributed by atoms with Crippen molar-refractivity contribution in [2.45, 2.75) is 26.2 Å². The van der Waals surface area contributed by atoms with Crippen molar-refractivity contribution >= 4 is 29.9 Å². The first-order valence-electron chi connectivity index (χ1n) is 7.96. The van der Waals surface area contributed by atoms with Crippen LogP contribution in [0, 0.1) is 0 Å². The van der Waals surface area contributed by atoms with E-state index in [-0.39, 0.29) is 24.0 Å². The molecule has 0 heterocycles. The number of halogens is 1. The number of nitrogens with one attached hydrogen (secondary N) is 2. The molecule has 0 fully saturated rings. The molecule has 0 unspecified atom stereocenters. The van der Waals surface area contributed by atoms with Crippen LogP contribution in [0.25, 0.3) is 0 Å². The molecule has 0 radical (unpaired) electrons. The fraction of sp³-hybridized carbons (Fsp3) is 0.588. The lowest BCUT2D eigenvalue weighted by Gasteiger charge is -2.13. The molecule has 0 bridgehead atoms. The largest absolute Gasteiger partial charge is 0.496 e. The van der Waals surface area contributed by atoms with Crippen molar-refractivity contribution in [3.8, 4) is 5.75 Å². The number of para-hydroxylation sites is 1. The molecule has 2 N–H and O–H groups in total. The maximum Gasteiger partial charge on any atom is 0.190 e. The molecule has 0 saturated carbocycles. The lowest BCUT2D eigenvalue weighted by atomic mass is 10.1. The maximum absolute atomic E-state index is 5.36. The number of hydrogen-bond donors (Lipinski definition) is 2. The molecule has 0 aliphatic rings. The SMILES string of the molecule is CCOCCCCNC(=NC)NCCc1ccccc1OC.I. The van der Waals surface area contributed by atoms with E-state index < -0.39 is 0 Å². The number of methoxy groups -OCH3 is 1. The van der Waals surface area contributed by atoms with E-state index in [0.717, 1.165) is 57.3 Å². The first kappa shape index (κ1) is 22.0. The van der Waals surface area contributed by atoms with Crippen LogP contribution in [0.5, 0.6) is 5.75 Å². The van der Waals surface area contributed by atoms with Gasteiger partial charge in [-0.05, 0) is 37.8 Å². The molecule has 132 valence electrons. The van der Waals surface area contributed by atoms with Crippen molar-refractivity contribution in [3.05, 3.63) is 29.8 Å². The molecule has 1 aromatic carbocycles. The molecule has 6 heteroatoms. The highest BCUT2D eigenvalue weighted by Crippen LogP contribution is 2.17. The molecule has 1 aromatic rings. The van der Waals surface area contributed by atoms with Crippen LogP contribution >= 0.6 is 24.0 Å². The number of guanidine groups is 1. The van der Waals surface area contributed by atoms with Crippen molar-refractivity contribution in [2.24, 2.45) is 4.99 Å². The Labute approximate surface area is 157 Å². The Morgan fingerprint density at radius 1 is 1.13 bits per heavy atom. The van der Waals surface area contributed by atoms with Crippen LogP contribution in [0.3, 0.4) is 0 Å². The van der Waals surface area contributed by atoms with E-state index in [0.29, 0.717) is 0 Å². The van der Waals surface area contributed by atoms with Gasteiger partial charge in [0.1, 0.15) is 5.75 Å². The predicted molar refractivity (Wildman–Crippen MR) is 107 cm³/mol. The summed E-state index contributed by atoms with van der Waals surface area (Å²) in [7, 11) is 3.49. The fourth-order valence-electron chi connectivity index (χ4n) is 2.13. The van der Waals surface area contributed by atoms with Gasteiger partial charge in [0, 0.05) is 33.4 Å². The summed E-state index contributed by atoms with van der Waals surface area (Å²) < 4.78 is 10.7. The molecular weight excluding hydrogens is 405 g/mol. The van der Waals surface area contributed by atoms with Crippen LogP contribution in [0.15, 0.2) is 29.3 Å².